The molecule has 0 atom stereocenters. The fraction of sp³-hybridized carbons (Fsp3) is 0.867. The van der Waals surface area contributed by atoms with Crippen LogP contribution in [0.2, 0.25) is 0 Å². The molecule has 0 unspecified atom stereocenters. The number of carbonyl (C=O) groups is 1. The van der Waals surface area contributed by atoms with Gasteiger partial charge in [0.1, 0.15) is 0 Å². The summed E-state index contributed by atoms with van der Waals surface area (Å²) in [4.78, 5) is 11.7. The lowest BCUT2D eigenvalue weighted by Gasteiger charge is -2.24. The number of tetrazole rings is 1. The van der Waals surface area contributed by atoms with Crippen molar-refractivity contribution < 1.29 is 9.90 Å². The molecule has 1 heterocycles. The fourth-order valence-corrected chi connectivity index (χ4v) is 3.93. The number of rotatable bonds is 4. The Morgan fingerprint density at radius 3 is 2.43 bits per heavy atom. The molecule has 6 nitrogen and oxygen atoms in total. The first-order chi connectivity index (χ1) is 10.2. The quantitative estimate of drug-likeness (QED) is 0.863. The predicted octanol–water partition coefficient (Wildman–Crippen LogP) is 2.76. The van der Waals surface area contributed by atoms with Gasteiger partial charge in [0.05, 0.1) is 12.0 Å². The normalized spacial score (nSPS) is 23.0. The Hall–Kier alpha value is -1.46. The Morgan fingerprint density at radius 2 is 1.81 bits per heavy atom. The maximum Gasteiger partial charge on any atom is 0.311 e. The molecule has 1 aromatic rings. The highest BCUT2D eigenvalue weighted by Crippen LogP contribution is 2.40. The zero-order valence-corrected chi connectivity index (χ0v) is 12.5. The molecule has 1 N–H and O–H groups in total. The largest absolute Gasteiger partial charge is 0.481 e. The first kappa shape index (κ1) is 14.5. The summed E-state index contributed by atoms with van der Waals surface area (Å²) in [6, 6.07) is 0. The average Bonchev–Trinajstić information content (AvgIpc) is 3.04. The highest BCUT2D eigenvalue weighted by Gasteiger charge is 2.42. The summed E-state index contributed by atoms with van der Waals surface area (Å²) in [6.07, 6.45) is 10.7. The van der Waals surface area contributed by atoms with Crippen molar-refractivity contribution in [2.45, 2.75) is 76.7 Å². The van der Waals surface area contributed by atoms with Crippen LogP contribution < -0.4 is 0 Å². The number of hydrogen-bond acceptors (Lipinski definition) is 4. The van der Waals surface area contributed by atoms with Gasteiger partial charge in [-0.3, -0.25) is 4.79 Å². The van der Waals surface area contributed by atoms with Crippen LogP contribution in [0.1, 0.15) is 76.0 Å². The van der Waals surface area contributed by atoms with Gasteiger partial charge in [0, 0.05) is 5.92 Å². The van der Waals surface area contributed by atoms with Crippen molar-refractivity contribution in [3.05, 3.63) is 5.82 Å². The van der Waals surface area contributed by atoms with Crippen molar-refractivity contribution in [1.82, 2.24) is 20.2 Å². The molecular weight excluding hydrogens is 268 g/mol. The van der Waals surface area contributed by atoms with Gasteiger partial charge < -0.3 is 5.11 Å². The molecular formula is C15H24N4O2. The molecule has 2 aliphatic carbocycles. The Bertz CT molecular complexity index is 486. The molecule has 0 aromatic carbocycles. The van der Waals surface area contributed by atoms with E-state index >= 15 is 0 Å². The van der Waals surface area contributed by atoms with E-state index in [1.54, 1.807) is 4.68 Å². The van der Waals surface area contributed by atoms with Gasteiger partial charge in [-0.15, -0.1) is 5.10 Å². The van der Waals surface area contributed by atoms with E-state index in [9.17, 15) is 9.90 Å². The molecule has 0 aliphatic heterocycles. The minimum absolute atomic E-state index is 0.398. The van der Waals surface area contributed by atoms with Gasteiger partial charge in [0.2, 0.25) is 0 Å². The molecule has 0 amide bonds. The van der Waals surface area contributed by atoms with E-state index in [0.29, 0.717) is 12.5 Å². The van der Waals surface area contributed by atoms with Crippen LogP contribution >= 0.6 is 0 Å². The second-order valence-electron chi connectivity index (χ2n) is 6.68. The number of carboxylic acids is 1. The molecule has 3 rings (SSSR count). The van der Waals surface area contributed by atoms with Crippen LogP contribution in [0.5, 0.6) is 0 Å². The van der Waals surface area contributed by atoms with E-state index in [2.05, 4.69) is 15.5 Å². The van der Waals surface area contributed by atoms with E-state index in [4.69, 9.17) is 0 Å². The topological polar surface area (TPSA) is 80.9 Å². The number of carboxylic acid groups (broad SMARTS) is 1. The molecule has 6 heteroatoms. The lowest BCUT2D eigenvalue weighted by molar-refractivity contribution is -0.149. The average molecular weight is 292 g/mol. The van der Waals surface area contributed by atoms with Crippen LogP contribution in [0.3, 0.4) is 0 Å². The van der Waals surface area contributed by atoms with Gasteiger partial charge in [0.15, 0.2) is 5.82 Å². The molecule has 0 bridgehead atoms. The van der Waals surface area contributed by atoms with E-state index in [-0.39, 0.29) is 0 Å². The number of aromatic nitrogens is 4. The Morgan fingerprint density at radius 1 is 1.14 bits per heavy atom. The van der Waals surface area contributed by atoms with Gasteiger partial charge in [-0.1, -0.05) is 38.5 Å². The van der Waals surface area contributed by atoms with Crippen LogP contribution in [0, 0.1) is 5.41 Å². The van der Waals surface area contributed by atoms with Crippen LogP contribution in [0.4, 0.5) is 0 Å². The molecule has 21 heavy (non-hydrogen) atoms. The highest BCUT2D eigenvalue weighted by molar-refractivity contribution is 5.74. The summed E-state index contributed by atoms with van der Waals surface area (Å²) in [7, 11) is 0. The second kappa shape index (κ2) is 6.12. The number of nitrogens with zero attached hydrogens (tertiary/aromatic N) is 4. The van der Waals surface area contributed by atoms with Gasteiger partial charge in [-0.05, 0) is 36.1 Å². The van der Waals surface area contributed by atoms with Crippen LogP contribution in [0.15, 0.2) is 0 Å². The van der Waals surface area contributed by atoms with E-state index in [0.717, 1.165) is 44.3 Å². The van der Waals surface area contributed by atoms with Crippen molar-refractivity contribution in [3.8, 4) is 0 Å². The molecule has 1 aromatic heterocycles. The van der Waals surface area contributed by atoms with Crippen molar-refractivity contribution in [1.29, 1.82) is 0 Å². The Kier molecular flexibility index (Phi) is 4.22. The minimum Gasteiger partial charge on any atom is -0.481 e. The Balaban J connectivity index is 1.80. The van der Waals surface area contributed by atoms with Crippen molar-refractivity contribution in [2.75, 3.05) is 0 Å². The lowest BCUT2D eigenvalue weighted by Crippen LogP contribution is -2.34. The summed E-state index contributed by atoms with van der Waals surface area (Å²) in [6.45, 7) is 0.432. The Labute approximate surface area is 124 Å². The fourth-order valence-electron chi connectivity index (χ4n) is 3.93. The minimum atomic E-state index is -0.692. The van der Waals surface area contributed by atoms with E-state index < -0.39 is 11.4 Å². The van der Waals surface area contributed by atoms with Crippen molar-refractivity contribution in [3.63, 3.8) is 0 Å². The van der Waals surface area contributed by atoms with Gasteiger partial charge in [-0.2, -0.15) is 0 Å². The van der Waals surface area contributed by atoms with Gasteiger partial charge >= 0.3 is 5.97 Å². The highest BCUT2D eigenvalue weighted by atomic mass is 16.4. The molecule has 2 fully saturated rings. The summed E-state index contributed by atoms with van der Waals surface area (Å²) in [5, 5.41) is 21.8. The van der Waals surface area contributed by atoms with Crippen molar-refractivity contribution >= 4 is 5.97 Å². The third kappa shape index (κ3) is 2.94. The first-order valence-corrected chi connectivity index (χ1v) is 8.21. The van der Waals surface area contributed by atoms with E-state index in [1.807, 2.05) is 0 Å². The smallest absolute Gasteiger partial charge is 0.311 e. The van der Waals surface area contributed by atoms with E-state index in [1.165, 1.54) is 25.7 Å². The summed E-state index contributed by atoms with van der Waals surface area (Å²) < 4.78 is 1.79. The molecule has 0 radical (unpaired) electrons. The zero-order chi connectivity index (χ0) is 14.7. The molecule has 2 saturated carbocycles. The van der Waals surface area contributed by atoms with Crippen LogP contribution in [-0.4, -0.2) is 31.3 Å². The standard InChI is InChI=1S/C15H24N4O2/c20-14(21)15(9-5-6-10-15)11-19-13(16-17-18-19)12-7-3-1-2-4-8-12/h12H,1-11H2,(H,20,21). The van der Waals surface area contributed by atoms with Crippen molar-refractivity contribution in [2.24, 2.45) is 5.41 Å². The maximum atomic E-state index is 11.7. The summed E-state index contributed by atoms with van der Waals surface area (Å²) in [5.74, 6) is 0.612. The van der Waals surface area contributed by atoms with Gasteiger partial charge in [-0.25, -0.2) is 4.68 Å². The van der Waals surface area contributed by atoms with Gasteiger partial charge in [0.25, 0.3) is 0 Å². The number of aliphatic carboxylic acids is 1. The SMILES string of the molecule is O=C(O)C1(Cn2nnnc2C2CCCCCC2)CCCC1. The zero-order valence-electron chi connectivity index (χ0n) is 12.5. The first-order valence-electron chi connectivity index (χ1n) is 8.21. The monoisotopic (exact) mass is 292 g/mol. The maximum absolute atomic E-state index is 11.7. The second-order valence-corrected chi connectivity index (χ2v) is 6.68. The predicted molar refractivity (Wildman–Crippen MR) is 76.8 cm³/mol. The molecule has 0 spiro atoms. The lowest BCUT2D eigenvalue weighted by atomic mass is 9.86. The molecule has 2 aliphatic rings. The molecule has 0 saturated heterocycles. The summed E-state index contributed by atoms with van der Waals surface area (Å²) in [5.41, 5.74) is -0.658. The third-order valence-corrected chi connectivity index (χ3v) is 5.25. The summed E-state index contributed by atoms with van der Waals surface area (Å²) >= 11 is 0. The van der Waals surface area contributed by atoms with Crippen LogP contribution in [0.25, 0.3) is 0 Å². The third-order valence-electron chi connectivity index (χ3n) is 5.25. The number of hydrogen-bond donors (Lipinski definition) is 1. The molecule has 116 valence electrons. The van der Waals surface area contributed by atoms with Crippen LogP contribution in [-0.2, 0) is 11.3 Å².